The standard InChI is InChI=1S/C14H16FN3O2S/c1-9-4-11-7-17-8-14(11)18(9)21(19,20)12-2-3-13(15)10(5-12)6-16/h2-3,5,9,11,14,17H,4,7-8H2,1H3. The summed E-state index contributed by atoms with van der Waals surface area (Å²) >= 11 is 0. The Hall–Kier alpha value is -1.49. The number of nitrogens with one attached hydrogen (secondary N) is 1. The van der Waals surface area contributed by atoms with Gasteiger partial charge in [0.25, 0.3) is 0 Å². The van der Waals surface area contributed by atoms with E-state index >= 15 is 0 Å². The third-order valence-corrected chi connectivity index (χ3v) is 6.38. The fourth-order valence-corrected chi connectivity index (χ4v) is 5.33. The zero-order valence-corrected chi connectivity index (χ0v) is 12.4. The fraction of sp³-hybridized carbons (Fsp3) is 0.500. The van der Waals surface area contributed by atoms with Gasteiger partial charge in [0.15, 0.2) is 0 Å². The van der Waals surface area contributed by atoms with Crippen molar-refractivity contribution in [1.29, 1.82) is 5.26 Å². The van der Waals surface area contributed by atoms with Crippen LogP contribution in [-0.2, 0) is 10.0 Å². The molecule has 1 aromatic rings. The first-order valence-corrected chi connectivity index (χ1v) is 8.33. The largest absolute Gasteiger partial charge is 0.315 e. The van der Waals surface area contributed by atoms with Crippen molar-refractivity contribution in [2.45, 2.75) is 30.3 Å². The maximum Gasteiger partial charge on any atom is 0.243 e. The van der Waals surface area contributed by atoms with Gasteiger partial charge in [0.2, 0.25) is 10.0 Å². The van der Waals surface area contributed by atoms with Crippen LogP contribution >= 0.6 is 0 Å². The number of nitriles is 1. The highest BCUT2D eigenvalue weighted by molar-refractivity contribution is 7.89. The summed E-state index contributed by atoms with van der Waals surface area (Å²) in [6.07, 6.45) is 0.823. The molecular formula is C14H16FN3O2S. The maximum atomic E-state index is 13.4. The van der Waals surface area contributed by atoms with Crippen LogP contribution in [-0.4, -0.2) is 37.9 Å². The third-order valence-electron chi connectivity index (χ3n) is 4.34. The molecule has 1 N–H and O–H groups in total. The van der Waals surface area contributed by atoms with Crippen LogP contribution in [0.15, 0.2) is 23.1 Å². The summed E-state index contributed by atoms with van der Waals surface area (Å²) in [5, 5.41) is 12.1. The first-order valence-electron chi connectivity index (χ1n) is 6.89. The SMILES string of the molecule is CC1CC2CNCC2N1S(=O)(=O)c1ccc(F)c(C#N)c1. The smallest absolute Gasteiger partial charge is 0.243 e. The second kappa shape index (κ2) is 5.05. The van der Waals surface area contributed by atoms with Gasteiger partial charge in [0, 0.05) is 18.6 Å². The van der Waals surface area contributed by atoms with E-state index in [4.69, 9.17) is 5.26 Å². The predicted octanol–water partition coefficient (Wildman–Crippen LogP) is 1.07. The van der Waals surface area contributed by atoms with Crippen molar-refractivity contribution in [3.63, 3.8) is 0 Å². The van der Waals surface area contributed by atoms with Gasteiger partial charge in [-0.15, -0.1) is 0 Å². The molecule has 3 rings (SSSR count). The first kappa shape index (κ1) is 14.4. The minimum atomic E-state index is -3.72. The normalized spacial score (nSPS) is 29.3. The Morgan fingerprint density at radius 3 is 2.90 bits per heavy atom. The van der Waals surface area contributed by atoms with Crippen molar-refractivity contribution < 1.29 is 12.8 Å². The van der Waals surface area contributed by atoms with Crippen molar-refractivity contribution >= 4 is 10.0 Å². The van der Waals surface area contributed by atoms with Gasteiger partial charge in [-0.1, -0.05) is 0 Å². The molecule has 112 valence electrons. The third kappa shape index (κ3) is 2.24. The highest BCUT2D eigenvalue weighted by Crippen LogP contribution is 2.36. The van der Waals surface area contributed by atoms with Crippen molar-refractivity contribution in [1.82, 2.24) is 9.62 Å². The molecule has 0 bridgehead atoms. The molecule has 2 fully saturated rings. The molecule has 0 amide bonds. The number of sulfonamides is 1. The Morgan fingerprint density at radius 2 is 2.19 bits per heavy atom. The van der Waals surface area contributed by atoms with Gasteiger partial charge in [-0.25, -0.2) is 12.8 Å². The quantitative estimate of drug-likeness (QED) is 0.887. The van der Waals surface area contributed by atoms with Crippen LogP contribution < -0.4 is 5.32 Å². The number of hydrogen-bond donors (Lipinski definition) is 1. The highest BCUT2D eigenvalue weighted by Gasteiger charge is 2.47. The summed E-state index contributed by atoms with van der Waals surface area (Å²) in [5.41, 5.74) is -0.246. The number of fused-ring (bicyclic) bond motifs is 1. The molecule has 3 atom stereocenters. The summed E-state index contributed by atoms with van der Waals surface area (Å²) in [7, 11) is -3.72. The van der Waals surface area contributed by atoms with Crippen molar-refractivity contribution in [3.05, 3.63) is 29.6 Å². The highest BCUT2D eigenvalue weighted by atomic mass is 32.2. The van der Waals surface area contributed by atoms with Gasteiger partial charge >= 0.3 is 0 Å². The Balaban J connectivity index is 2.02. The number of halogens is 1. The average Bonchev–Trinajstić information content (AvgIpc) is 2.98. The van der Waals surface area contributed by atoms with Crippen LogP contribution in [0, 0.1) is 23.1 Å². The first-order chi connectivity index (χ1) is 9.95. The molecule has 7 heteroatoms. The van der Waals surface area contributed by atoms with Gasteiger partial charge in [0.1, 0.15) is 11.9 Å². The van der Waals surface area contributed by atoms with Crippen LogP contribution in [0.3, 0.4) is 0 Å². The average molecular weight is 309 g/mol. The van der Waals surface area contributed by atoms with E-state index in [1.807, 2.05) is 6.92 Å². The second-order valence-corrected chi connectivity index (χ2v) is 7.50. The van der Waals surface area contributed by atoms with E-state index in [0.717, 1.165) is 25.1 Å². The Kier molecular flexibility index (Phi) is 3.48. The zero-order chi connectivity index (χ0) is 15.2. The summed E-state index contributed by atoms with van der Waals surface area (Å²) in [4.78, 5) is -0.0140. The minimum absolute atomic E-state index is 0.0140. The van der Waals surface area contributed by atoms with E-state index in [-0.39, 0.29) is 22.5 Å². The van der Waals surface area contributed by atoms with Crippen LogP contribution in [0.1, 0.15) is 18.9 Å². The number of benzene rings is 1. The molecule has 2 aliphatic rings. The lowest BCUT2D eigenvalue weighted by Crippen LogP contribution is -2.42. The molecule has 0 aliphatic carbocycles. The lowest BCUT2D eigenvalue weighted by atomic mass is 10.0. The van der Waals surface area contributed by atoms with Gasteiger partial charge in [-0.05, 0) is 44.0 Å². The summed E-state index contributed by atoms with van der Waals surface area (Å²) < 4.78 is 40.6. The minimum Gasteiger partial charge on any atom is -0.315 e. The van der Waals surface area contributed by atoms with Crippen LogP contribution in [0.25, 0.3) is 0 Å². The zero-order valence-electron chi connectivity index (χ0n) is 11.6. The Morgan fingerprint density at radius 1 is 1.43 bits per heavy atom. The van der Waals surface area contributed by atoms with Gasteiger partial charge < -0.3 is 5.32 Å². The van der Waals surface area contributed by atoms with Gasteiger partial charge in [-0.2, -0.15) is 9.57 Å². The Labute approximate surface area is 123 Å². The van der Waals surface area contributed by atoms with E-state index < -0.39 is 15.8 Å². The van der Waals surface area contributed by atoms with Gasteiger partial charge in [-0.3, -0.25) is 0 Å². The van der Waals surface area contributed by atoms with E-state index in [0.29, 0.717) is 12.5 Å². The molecule has 0 saturated carbocycles. The van der Waals surface area contributed by atoms with Crippen LogP contribution in [0.5, 0.6) is 0 Å². The number of rotatable bonds is 2. The Bertz CT molecular complexity index is 713. The lowest BCUT2D eigenvalue weighted by molar-refractivity contribution is 0.335. The molecule has 2 heterocycles. The monoisotopic (exact) mass is 309 g/mol. The van der Waals surface area contributed by atoms with Gasteiger partial charge in [0.05, 0.1) is 10.5 Å². The molecule has 2 saturated heterocycles. The van der Waals surface area contributed by atoms with Crippen LogP contribution in [0.2, 0.25) is 0 Å². The maximum absolute atomic E-state index is 13.4. The molecule has 3 unspecified atom stereocenters. The van der Waals surface area contributed by atoms with Crippen molar-refractivity contribution in [3.8, 4) is 6.07 Å². The molecule has 2 aliphatic heterocycles. The number of hydrogen-bond acceptors (Lipinski definition) is 4. The van der Waals surface area contributed by atoms with E-state index in [2.05, 4.69) is 5.32 Å². The second-order valence-electron chi connectivity index (χ2n) is 5.66. The van der Waals surface area contributed by atoms with E-state index in [1.165, 1.54) is 10.4 Å². The van der Waals surface area contributed by atoms with Crippen molar-refractivity contribution in [2.24, 2.45) is 5.92 Å². The fourth-order valence-electron chi connectivity index (χ4n) is 3.41. The summed E-state index contributed by atoms with van der Waals surface area (Å²) in [6, 6.07) is 4.94. The summed E-state index contributed by atoms with van der Waals surface area (Å²) in [6.45, 7) is 3.36. The van der Waals surface area contributed by atoms with Crippen molar-refractivity contribution in [2.75, 3.05) is 13.1 Å². The molecule has 0 radical (unpaired) electrons. The summed E-state index contributed by atoms with van der Waals surface area (Å²) in [5.74, 6) is -0.378. The molecule has 21 heavy (non-hydrogen) atoms. The molecule has 1 aromatic carbocycles. The molecular weight excluding hydrogens is 293 g/mol. The van der Waals surface area contributed by atoms with E-state index in [9.17, 15) is 12.8 Å². The molecule has 0 aromatic heterocycles. The lowest BCUT2D eigenvalue weighted by Gasteiger charge is -2.26. The van der Waals surface area contributed by atoms with E-state index in [1.54, 1.807) is 6.07 Å². The molecule has 5 nitrogen and oxygen atoms in total. The molecule has 0 spiro atoms. The topological polar surface area (TPSA) is 73.2 Å². The number of nitrogens with zero attached hydrogens (tertiary/aromatic N) is 2. The predicted molar refractivity (Wildman–Crippen MR) is 74.4 cm³/mol. The van der Waals surface area contributed by atoms with Crippen LogP contribution in [0.4, 0.5) is 4.39 Å².